The lowest BCUT2D eigenvalue weighted by Crippen LogP contribution is -1.89. The van der Waals surface area contributed by atoms with Crippen LogP contribution >= 0.6 is 22.7 Å². The number of aromatic nitrogens is 2. The fourth-order valence-electron chi connectivity index (χ4n) is 0.813. The summed E-state index contributed by atoms with van der Waals surface area (Å²) in [5.41, 5.74) is 0. The van der Waals surface area contributed by atoms with Crippen LogP contribution in [-0.4, -0.2) is 21.3 Å². The Morgan fingerprint density at radius 2 is 2.50 bits per heavy atom. The summed E-state index contributed by atoms with van der Waals surface area (Å²) in [5.74, 6) is -0.152. The third-order valence-electron chi connectivity index (χ3n) is 1.37. The van der Waals surface area contributed by atoms with Crippen LogP contribution in [0, 0.1) is 0 Å². The molecular weight excluding hydrogens is 222 g/mol. The average Bonchev–Trinajstić information content (AvgIpc) is 2.72. The molecule has 0 saturated carbocycles. The van der Waals surface area contributed by atoms with Crippen LogP contribution in [0.4, 0.5) is 5.13 Å². The highest BCUT2D eigenvalue weighted by atomic mass is 32.1. The summed E-state index contributed by atoms with van der Waals surface area (Å²) in [6, 6.07) is 0. The Morgan fingerprint density at radius 3 is 3.07 bits per heavy atom. The van der Waals surface area contributed by atoms with Gasteiger partial charge in [0.1, 0.15) is 4.88 Å². The van der Waals surface area contributed by atoms with Crippen LogP contribution in [0.2, 0.25) is 0 Å². The first-order valence-electron chi connectivity index (χ1n) is 3.61. The molecule has 0 aliphatic rings. The fourth-order valence-corrected chi connectivity index (χ4v) is 1.89. The van der Waals surface area contributed by atoms with Crippen molar-refractivity contribution >= 4 is 34.0 Å². The number of rotatable bonds is 2. The van der Waals surface area contributed by atoms with Crippen LogP contribution in [0.15, 0.2) is 21.4 Å². The molecule has 5 nitrogen and oxygen atoms in total. The zero-order valence-corrected chi connectivity index (χ0v) is 8.43. The van der Waals surface area contributed by atoms with Gasteiger partial charge in [0.25, 0.3) is 0 Å². The Bertz CT molecular complexity index is 497. The molecule has 0 atom stereocenters. The minimum absolute atomic E-state index is 0.152. The summed E-state index contributed by atoms with van der Waals surface area (Å²) in [6.07, 6.45) is 3.05. The number of nitrogens with zero attached hydrogens (tertiary/aromatic N) is 2. The van der Waals surface area contributed by atoms with Gasteiger partial charge >= 0.3 is 4.87 Å². The molecule has 0 unspecified atom stereocenters. The predicted octanol–water partition coefficient (Wildman–Crippen LogP) is 1.35. The summed E-state index contributed by atoms with van der Waals surface area (Å²) >= 11 is 2.28. The maximum atomic E-state index is 10.8. The van der Waals surface area contributed by atoms with Gasteiger partial charge in [0.15, 0.2) is 0 Å². The number of thiazole rings is 2. The van der Waals surface area contributed by atoms with Crippen molar-refractivity contribution in [3.8, 4) is 5.88 Å². The van der Waals surface area contributed by atoms with Crippen molar-refractivity contribution in [2.24, 2.45) is 4.99 Å². The van der Waals surface area contributed by atoms with E-state index in [-0.39, 0.29) is 10.8 Å². The standard InChI is InChI=1S/C7H5N3O2S2/c11-5-4(14-7(12)10-5)3-9-6-8-1-2-13-6/h1-3,11H,(H,10,12)/b9-3+. The number of nitrogens with one attached hydrogen (secondary N) is 1. The zero-order valence-electron chi connectivity index (χ0n) is 6.80. The van der Waals surface area contributed by atoms with Gasteiger partial charge in [-0.25, -0.2) is 9.98 Å². The third-order valence-corrected chi connectivity index (χ3v) is 2.85. The minimum Gasteiger partial charge on any atom is -0.493 e. The molecule has 0 fully saturated rings. The quantitative estimate of drug-likeness (QED) is 0.760. The van der Waals surface area contributed by atoms with Crippen LogP contribution in [0.5, 0.6) is 5.88 Å². The molecule has 2 aromatic rings. The molecule has 0 saturated heterocycles. The fraction of sp³-hybridized carbons (Fsp3) is 0. The number of aromatic amines is 1. The third kappa shape index (κ3) is 1.88. The largest absolute Gasteiger partial charge is 0.493 e. The second-order valence-corrected chi connectivity index (χ2v) is 4.19. The zero-order chi connectivity index (χ0) is 9.97. The first-order valence-corrected chi connectivity index (χ1v) is 5.31. The molecule has 0 amide bonds. The molecule has 2 heterocycles. The van der Waals surface area contributed by atoms with E-state index in [1.165, 1.54) is 17.6 Å². The second kappa shape index (κ2) is 3.72. The van der Waals surface area contributed by atoms with E-state index in [9.17, 15) is 9.90 Å². The molecular formula is C7H5N3O2S2. The lowest BCUT2D eigenvalue weighted by Gasteiger charge is -1.84. The maximum Gasteiger partial charge on any atom is 0.307 e. The van der Waals surface area contributed by atoms with Crippen molar-refractivity contribution in [3.05, 3.63) is 26.1 Å². The SMILES string of the molecule is O=c1[nH]c(O)c(/C=N/c2nccs2)s1. The van der Waals surface area contributed by atoms with Gasteiger partial charge in [-0.2, -0.15) is 0 Å². The smallest absolute Gasteiger partial charge is 0.307 e. The highest BCUT2D eigenvalue weighted by molar-refractivity contribution is 7.13. The van der Waals surface area contributed by atoms with Gasteiger partial charge in [-0.3, -0.25) is 9.78 Å². The molecule has 14 heavy (non-hydrogen) atoms. The van der Waals surface area contributed by atoms with Crippen molar-refractivity contribution in [1.29, 1.82) is 0 Å². The van der Waals surface area contributed by atoms with Gasteiger partial charge in [-0.05, 0) is 0 Å². The molecule has 0 aliphatic carbocycles. The topological polar surface area (TPSA) is 78.3 Å². The normalized spacial score (nSPS) is 11.1. The van der Waals surface area contributed by atoms with Crippen LogP contribution in [0.25, 0.3) is 0 Å². The van der Waals surface area contributed by atoms with Gasteiger partial charge in [0.05, 0.1) is 6.21 Å². The molecule has 0 spiro atoms. The molecule has 0 radical (unpaired) electrons. The first kappa shape index (κ1) is 9.10. The van der Waals surface area contributed by atoms with Crippen molar-refractivity contribution in [2.75, 3.05) is 0 Å². The van der Waals surface area contributed by atoms with E-state index >= 15 is 0 Å². The average molecular weight is 227 g/mol. The molecule has 0 aromatic carbocycles. The molecule has 0 bridgehead atoms. The first-order chi connectivity index (χ1) is 6.75. The Balaban J connectivity index is 2.26. The summed E-state index contributed by atoms with van der Waals surface area (Å²) < 4.78 is 0. The van der Waals surface area contributed by atoms with E-state index in [1.54, 1.807) is 11.6 Å². The maximum absolute atomic E-state index is 10.8. The van der Waals surface area contributed by atoms with Crippen LogP contribution in [-0.2, 0) is 0 Å². The number of aliphatic imine (C=N–C) groups is 1. The van der Waals surface area contributed by atoms with Crippen LogP contribution in [0.3, 0.4) is 0 Å². The minimum atomic E-state index is -0.303. The van der Waals surface area contributed by atoms with Gasteiger partial charge in [-0.1, -0.05) is 11.3 Å². The summed E-state index contributed by atoms with van der Waals surface area (Å²) in [6.45, 7) is 0. The summed E-state index contributed by atoms with van der Waals surface area (Å²) in [5, 5.41) is 11.6. The van der Waals surface area contributed by atoms with Gasteiger partial charge < -0.3 is 5.11 Å². The van der Waals surface area contributed by atoms with Crippen LogP contribution in [0.1, 0.15) is 4.88 Å². The molecule has 2 N–H and O–H groups in total. The number of hydrogen-bond acceptors (Lipinski definition) is 6. The van der Waals surface area contributed by atoms with E-state index in [0.717, 1.165) is 11.3 Å². The van der Waals surface area contributed by atoms with E-state index < -0.39 is 0 Å². The molecule has 72 valence electrons. The van der Waals surface area contributed by atoms with Crippen molar-refractivity contribution in [2.45, 2.75) is 0 Å². The van der Waals surface area contributed by atoms with Gasteiger partial charge in [0, 0.05) is 11.6 Å². The monoisotopic (exact) mass is 227 g/mol. The summed E-state index contributed by atoms with van der Waals surface area (Å²) in [7, 11) is 0. The molecule has 0 aliphatic heterocycles. The van der Waals surface area contributed by atoms with E-state index in [0.29, 0.717) is 10.0 Å². The van der Waals surface area contributed by atoms with Crippen molar-refractivity contribution in [3.63, 3.8) is 0 Å². The molecule has 2 rings (SSSR count). The Kier molecular flexibility index (Phi) is 2.42. The number of H-pyrrole nitrogens is 1. The lowest BCUT2D eigenvalue weighted by atomic mass is 10.6. The Morgan fingerprint density at radius 1 is 1.64 bits per heavy atom. The highest BCUT2D eigenvalue weighted by Crippen LogP contribution is 2.17. The predicted molar refractivity (Wildman–Crippen MR) is 56.0 cm³/mol. The van der Waals surface area contributed by atoms with E-state index in [1.807, 2.05) is 0 Å². The lowest BCUT2D eigenvalue weighted by molar-refractivity contribution is 0.455. The van der Waals surface area contributed by atoms with E-state index in [4.69, 9.17) is 0 Å². The number of hydrogen-bond donors (Lipinski definition) is 2. The number of aromatic hydroxyl groups is 1. The van der Waals surface area contributed by atoms with E-state index in [2.05, 4.69) is 15.0 Å². The second-order valence-electron chi connectivity index (χ2n) is 2.30. The Labute approximate surface area is 86.4 Å². The molecule has 2 aromatic heterocycles. The highest BCUT2D eigenvalue weighted by Gasteiger charge is 2.02. The Hall–Kier alpha value is -1.47. The van der Waals surface area contributed by atoms with Crippen LogP contribution < -0.4 is 4.87 Å². The van der Waals surface area contributed by atoms with Gasteiger partial charge in [0.2, 0.25) is 11.0 Å². The van der Waals surface area contributed by atoms with Crippen molar-refractivity contribution in [1.82, 2.24) is 9.97 Å². The van der Waals surface area contributed by atoms with Gasteiger partial charge in [-0.15, -0.1) is 11.3 Å². The van der Waals surface area contributed by atoms with Crippen molar-refractivity contribution < 1.29 is 5.11 Å². The summed E-state index contributed by atoms with van der Waals surface area (Å²) in [4.78, 5) is 21.1. The molecule has 7 heteroatoms.